The summed E-state index contributed by atoms with van der Waals surface area (Å²) in [6, 6.07) is 5.79. The van der Waals surface area contributed by atoms with Crippen LogP contribution in [-0.4, -0.2) is 27.0 Å². The van der Waals surface area contributed by atoms with Crippen LogP contribution in [-0.2, 0) is 14.9 Å². The van der Waals surface area contributed by atoms with E-state index in [9.17, 15) is 13.2 Å². The van der Waals surface area contributed by atoms with E-state index in [1.165, 1.54) is 24.3 Å². The molecule has 0 aromatic heterocycles. The second kappa shape index (κ2) is 5.68. The molecule has 0 saturated heterocycles. The van der Waals surface area contributed by atoms with Gasteiger partial charge in [-0.05, 0) is 44.0 Å². The van der Waals surface area contributed by atoms with Crippen molar-refractivity contribution in [3.63, 3.8) is 0 Å². The minimum Gasteiger partial charge on any atom is -0.274 e. The molecule has 2 N–H and O–H groups in total. The maximum absolute atomic E-state index is 11.9. The van der Waals surface area contributed by atoms with Crippen molar-refractivity contribution in [3.05, 3.63) is 29.8 Å². The van der Waals surface area contributed by atoms with Gasteiger partial charge in [0.2, 0.25) is 10.0 Å². The number of benzene rings is 1. The second-order valence-corrected chi connectivity index (χ2v) is 6.00. The van der Waals surface area contributed by atoms with Crippen LogP contribution in [0.5, 0.6) is 0 Å². The van der Waals surface area contributed by atoms with E-state index >= 15 is 0 Å². The molecule has 1 fully saturated rings. The van der Waals surface area contributed by atoms with Crippen LogP contribution in [0.3, 0.4) is 0 Å². The third kappa shape index (κ3) is 3.76. The largest absolute Gasteiger partial charge is 0.274 e. The first kappa shape index (κ1) is 14.0. The molecule has 1 aromatic carbocycles. The fourth-order valence-corrected chi connectivity index (χ4v) is 2.78. The van der Waals surface area contributed by atoms with E-state index < -0.39 is 15.9 Å². The molecule has 1 saturated carbocycles. The van der Waals surface area contributed by atoms with Crippen molar-refractivity contribution in [3.8, 4) is 0 Å². The van der Waals surface area contributed by atoms with Crippen LogP contribution in [0.2, 0.25) is 0 Å². The summed E-state index contributed by atoms with van der Waals surface area (Å²) in [5.41, 5.74) is 2.59. The highest BCUT2D eigenvalue weighted by atomic mass is 32.2. The van der Waals surface area contributed by atoms with Crippen molar-refractivity contribution in [2.24, 2.45) is 0 Å². The van der Waals surface area contributed by atoms with Crippen molar-refractivity contribution in [1.82, 2.24) is 10.2 Å². The SMILES string of the molecule is CCONC(=O)c1ccc(S(=O)(=O)NC2CC2)cc1. The summed E-state index contributed by atoms with van der Waals surface area (Å²) in [6.45, 7) is 2.11. The van der Waals surface area contributed by atoms with Gasteiger partial charge in [0.1, 0.15) is 0 Å². The molecule has 7 heteroatoms. The molecule has 6 nitrogen and oxygen atoms in total. The van der Waals surface area contributed by atoms with Gasteiger partial charge < -0.3 is 0 Å². The Bertz CT molecular complexity index is 550. The van der Waals surface area contributed by atoms with E-state index in [-0.39, 0.29) is 10.9 Å². The number of hydrogen-bond donors (Lipinski definition) is 2. The third-order valence-corrected chi connectivity index (χ3v) is 4.17. The highest BCUT2D eigenvalue weighted by molar-refractivity contribution is 7.89. The van der Waals surface area contributed by atoms with Crippen LogP contribution >= 0.6 is 0 Å². The Kier molecular flexibility index (Phi) is 4.18. The Hall–Kier alpha value is -1.44. The molecule has 0 radical (unpaired) electrons. The molecule has 0 unspecified atom stereocenters. The Morgan fingerprint density at radius 2 is 1.95 bits per heavy atom. The number of hydroxylamine groups is 1. The first-order valence-corrected chi connectivity index (χ1v) is 7.56. The number of amides is 1. The maximum atomic E-state index is 11.9. The number of hydrogen-bond acceptors (Lipinski definition) is 4. The van der Waals surface area contributed by atoms with Gasteiger partial charge in [0, 0.05) is 11.6 Å². The van der Waals surface area contributed by atoms with Crippen LogP contribution in [0.4, 0.5) is 0 Å². The molecule has 0 aliphatic heterocycles. The Morgan fingerprint density at radius 1 is 1.32 bits per heavy atom. The average molecular weight is 284 g/mol. The molecular weight excluding hydrogens is 268 g/mol. The van der Waals surface area contributed by atoms with E-state index in [1.807, 2.05) is 0 Å². The zero-order chi connectivity index (χ0) is 13.9. The number of nitrogens with one attached hydrogen (secondary N) is 2. The summed E-state index contributed by atoms with van der Waals surface area (Å²) in [7, 11) is -3.47. The van der Waals surface area contributed by atoms with Crippen LogP contribution < -0.4 is 10.2 Å². The lowest BCUT2D eigenvalue weighted by Gasteiger charge is -2.07. The quantitative estimate of drug-likeness (QED) is 0.757. The van der Waals surface area contributed by atoms with Gasteiger partial charge in [0.25, 0.3) is 5.91 Å². The van der Waals surface area contributed by atoms with Gasteiger partial charge in [-0.2, -0.15) is 0 Å². The second-order valence-electron chi connectivity index (χ2n) is 4.28. The zero-order valence-electron chi connectivity index (χ0n) is 10.5. The molecule has 0 spiro atoms. The van der Waals surface area contributed by atoms with Crippen LogP contribution in [0.15, 0.2) is 29.2 Å². The first-order valence-electron chi connectivity index (χ1n) is 6.07. The molecule has 1 aromatic rings. The summed E-state index contributed by atoms with van der Waals surface area (Å²) >= 11 is 0. The fraction of sp³-hybridized carbons (Fsp3) is 0.417. The van der Waals surface area contributed by atoms with Gasteiger partial charge in [-0.3, -0.25) is 9.63 Å². The summed E-state index contributed by atoms with van der Waals surface area (Å²) in [5.74, 6) is -0.402. The lowest BCUT2D eigenvalue weighted by atomic mass is 10.2. The minimum atomic E-state index is -3.47. The first-order chi connectivity index (χ1) is 9.03. The van der Waals surface area contributed by atoms with Gasteiger partial charge in [0.15, 0.2) is 0 Å². The predicted octanol–water partition coefficient (Wildman–Crippen LogP) is 0.809. The molecule has 1 aliphatic rings. The van der Waals surface area contributed by atoms with Gasteiger partial charge >= 0.3 is 0 Å². The molecule has 0 bridgehead atoms. The summed E-state index contributed by atoms with van der Waals surface area (Å²) in [6.07, 6.45) is 1.77. The molecule has 1 amide bonds. The predicted molar refractivity (Wildman–Crippen MR) is 68.9 cm³/mol. The Morgan fingerprint density at radius 3 is 2.47 bits per heavy atom. The van der Waals surface area contributed by atoms with E-state index in [2.05, 4.69) is 10.2 Å². The van der Waals surface area contributed by atoms with Crippen molar-refractivity contribution in [1.29, 1.82) is 0 Å². The molecule has 19 heavy (non-hydrogen) atoms. The molecule has 0 heterocycles. The normalized spacial score (nSPS) is 15.2. The smallest absolute Gasteiger partial charge is 0.274 e. The van der Waals surface area contributed by atoms with Crippen molar-refractivity contribution in [2.45, 2.75) is 30.7 Å². The van der Waals surface area contributed by atoms with Gasteiger partial charge in [-0.25, -0.2) is 18.6 Å². The summed E-state index contributed by atoms with van der Waals surface area (Å²) < 4.78 is 26.4. The maximum Gasteiger partial charge on any atom is 0.274 e. The monoisotopic (exact) mass is 284 g/mol. The molecule has 104 valence electrons. The summed E-state index contributed by atoms with van der Waals surface area (Å²) in [5, 5.41) is 0. The number of rotatable bonds is 6. The third-order valence-electron chi connectivity index (χ3n) is 2.64. The van der Waals surface area contributed by atoms with Crippen molar-refractivity contribution >= 4 is 15.9 Å². The van der Waals surface area contributed by atoms with E-state index in [0.717, 1.165) is 12.8 Å². The van der Waals surface area contributed by atoms with Gasteiger partial charge in [0.05, 0.1) is 11.5 Å². The molecule has 1 aliphatic carbocycles. The van der Waals surface area contributed by atoms with Crippen LogP contribution in [0.25, 0.3) is 0 Å². The number of carbonyl (C=O) groups is 1. The van der Waals surface area contributed by atoms with Gasteiger partial charge in [-0.15, -0.1) is 0 Å². The van der Waals surface area contributed by atoms with Gasteiger partial charge in [-0.1, -0.05) is 0 Å². The summed E-state index contributed by atoms with van der Waals surface area (Å²) in [4.78, 5) is 16.5. The van der Waals surface area contributed by atoms with Crippen LogP contribution in [0.1, 0.15) is 30.1 Å². The van der Waals surface area contributed by atoms with Crippen molar-refractivity contribution < 1.29 is 18.0 Å². The number of carbonyl (C=O) groups excluding carboxylic acids is 1. The Balaban J connectivity index is 2.07. The van der Waals surface area contributed by atoms with Crippen molar-refractivity contribution in [2.75, 3.05) is 6.61 Å². The molecular formula is C12H16N2O4S. The highest BCUT2D eigenvalue weighted by Gasteiger charge is 2.27. The lowest BCUT2D eigenvalue weighted by Crippen LogP contribution is -2.26. The fourth-order valence-electron chi connectivity index (χ4n) is 1.47. The zero-order valence-corrected chi connectivity index (χ0v) is 11.4. The Labute approximate surface area is 112 Å². The lowest BCUT2D eigenvalue weighted by molar-refractivity contribution is 0.0364. The number of sulfonamides is 1. The molecule has 2 rings (SSSR count). The van der Waals surface area contributed by atoms with E-state index in [0.29, 0.717) is 12.2 Å². The van der Waals surface area contributed by atoms with E-state index in [4.69, 9.17) is 4.84 Å². The topological polar surface area (TPSA) is 84.5 Å². The minimum absolute atomic E-state index is 0.0610. The molecule has 0 atom stereocenters. The van der Waals surface area contributed by atoms with Crippen LogP contribution in [0, 0.1) is 0 Å². The standard InChI is InChI=1S/C12H16N2O4S/c1-2-18-13-12(15)9-3-7-11(8-4-9)19(16,17)14-10-5-6-10/h3-4,7-8,10,14H,2,5-6H2,1H3,(H,13,15). The highest BCUT2D eigenvalue weighted by Crippen LogP contribution is 2.22. The van der Waals surface area contributed by atoms with E-state index in [1.54, 1.807) is 6.92 Å². The average Bonchev–Trinajstić information content (AvgIpc) is 3.19.